The van der Waals surface area contributed by atoms with Crippen LogP contribution in [0.15, 0.2) is 60.7 Å². The molecule has 0 bridgehead atoms. The zero-order valence-corrected chi connectivity index (χ0v) is 19.1. The summed E-state index contributed by atoms with van der Waals surface area (Å²) in [7, 11) is 0. The van der Waals surface area contributed by atoms with Gasteiger partial charge in [-0.1, -0.05) is 11.6 Å². The molecule has 1 aromatic heterocycles. The minimum absolute atomic E-state index is 0.0820. The average molecular weight is 498 g/mol. The number of fused-ring (bicyclic) bond motifs is 1. The van der Waals surface area contributed by atoms with Crippen LogP contribution in [0.2, 0.25) is 5.02 Å². The zero-order chi connectivity index (χ0) is 24.5. The Kier molecular flexibility index (Phi) is 6.17. The van der Waals surface area contributed by atoms with E-state index in [1.807, 2.05) is 11.0 Å². The lowest BCUT2D eigenvalue weighted by Crippen LogP contribution is -2.50. The molecule has 0 aliphatic carbocycles. The molecule has 0 unspecified atom stereocenters. The molecule has 6 nitrogen and oxygen atoms in total. The van der Waals surface area contributed by atoms with Gasteiger partial charge < -0.3 is 15.1 Å². The number of benzene rings is 3. The van der Waals surface area contributed by atoms with E-state index in [9.17, 15) is 18.0 Å². The van der Waals surface area contributed by atoms with Gasteiger partial charge in [-0.3, -0.25) is 0 Å². The molecule has 2 heterocycles. The summed E-state index contributed by atoms with van der Waals surface area (Å²) in [6.07, 6.45) is 0. The number of piperazine rings is 1. The predicted molar refractivity (Wildman–Crippen MR) is 129 cm³/mol. The number of urea groups is 1. The standard InChI is InChI=1S/C25H19ClF3N5O/c26-16-3-7-19-22(13-16)30-23(15-1-4-17(27)5-2-15)32-24(19)33-9-11-34(12-10-33)25(35)31-21-8-6-18(28)14-20(21)29/h1-8,13-14H,9-12H2,(H,31,35). The number of hydrogen-bond donors (Lipinski definition) is 1. The van der Waals surface area contributed by atoms with Gasteiger partial charge in [0.05, 0.1) is 11.2 Å². The summed E-state index contributed by atoms with van der Waals surface area (Å²) < 4.78 is 40.5. The summed E-state index contributed by atoms with van der Waals surface area (Å²) in [6, 6.07) is 13.8. The lowest BCUT2D eigenvalue weighted by molar-refractivity contribution is 0.208. The second-order valence-electron chi connectivity index (χ2n) is 8.07. The summed E-state index contributed by atoms with van der Waals surface area (Å²) in [4.78, 5) is 25.6. The van der Waals surface area contributed by atoms with E-state index in [1.54, 1.807) is 29.2 Å². The Morgan fingerprint density at radius 2 is 1.57 bits per heavy atom. The number of nitrogens with zero attached hydrogens (tertiary/aromatic N) is 4. The quantitative estimate of drug-likeness (QED) is 0.393. The van der Waals surface area contributed by atoms with Gasteiger partial charge >= 0.3 is 6.03 Å². The molecule has 1 N–H and O–H groups in total. The van der Waals surface area contributed by atoms with E-state index in [0.29, 0.717) is 53.9 Å². The van der Waals surface area contributed by atoms with Crippen molar-refractivity contribution in [1.82, 2.24) is 14.9 Å². The minimum Gasteiger partial charge on any atom is -0.352 e. The lowest BCUT2D eigenvalue weighted by atomic mass is 10.1. The molecule has 1 aliphatic rings. The van der Waals surface area contributed by atoms with E-state index in [2.05, 4.69) is 10.3 Å². The van der Waals surface area contributed by atoms with Crippen molar-refractivity contribution in [3.63, 3.8) is 0 Å². The van der Waals surface area contributed by atoms with Crippen LogP contribution in [0.4, 0.5) is 29.5 Å². The Morgan fingerprint density at radius 3 is 2.29 bits per heavy atom. The van der Waals surface area contributed by atoms with E-state index >= 15 is 0 Å². The first-order valence-electron chi connectivity index (χ1n) is 10.9. The van der Waals surface area contributed by atoms with Crippen molar-refractivity contribution in [3.05, 3.63) is 83.1 Å². The molecule has 35 heavy (non-hydrogen) atoms. The van der Waals surface area contributed by atoms with Crippen LogP contribution in [-0.2, 0) is 0 Å². The predicted octanol–water partition coefficient (Wildman–Crippen LogP) is 5.72. The SMILES string of the molecule is O=C(Nc1ccc(F)cc1F)N1CCN(c2nc(-c3ccc(F)cc3)nc3cc(Cl)ccc23)CC1. The first kappa shape index (κ1) is 22.9. The number of anilines is 2. The van der Waals surface area contributed by atoms with Gasteiger partial charge in [0.25, 0.3) is 0 Å². The highest BCUT2D eigenvalue weighted by atomic mass is 35.5. The third-order valence-corrected chi connectivity index (χ3v) is 6.02. The minimum atomic E-state index is -0.837. The fourth-order valence-electron chi connectivity index (χ4n) is 3.96. The molecule has 2 amide bonds. The van der Waals surface area contributed by atoms with E-state index in [1.165, 1.54) is 18.2 Å². The molecule has 1 saturated heterocycles. The first-order valence-corrected chi connectivity index (χ1v) is 11.2. The molecule has 178 valence electrons. The van der Waals surface area contributed by atoms with Crippen molar-refractivity contribution in [3.8, 4) is 11.4 Å². The van der Waals surface area contributed by atoms with Crippen LogP contribution in [0.1, 0.15) is 0 Å². The summed E-state index contributed by atoms with van der Waals surface area (Å²) in [6.45, 7) is 1.66. The summed E-state index contributed by atoms with van der Waals surface area (Å²) in [5, 5.41) is 3.82. The molecule has 3 aromatic carbocycles. The molecule has 1 aliphatic heterocycles. The molecule has 10 heteroatoms. The number of carbonyl (C=O) groups is 1. The van der Waals surface area contributed by atoms with E-state index in [0.717, 1.165) is 17.5 Å². The van der Waals surface area contributed by atoms with Gasteiger partial charge in [-0.25, -0.2) is 27.9 Å². The highest BCUT2D eigenvalue weighted by Crippen LogP contribution is 2.30. The number of carbonyl (C=O) groups excluding carboxylic acids is 1. The molecule has 0 saturated carbocycles. The Bertz CT molecular complexity index is 1410. The third kappa shape index (κ3) is 4.85. The Morgan fingerprint density at radius 1 is 0.857 bits per heavy atom. The van der Waals surface area contributed by atoms with Gasteiger partial charge in [0.1, 0.15) is 23.3 Å². The maximum atomic E-state index is 13.9. The van der Waals surface area contributed by atoms with Crippen LogP contribution >= 0.6 is 11.6 Å². The van der Waals surface area contributed by atoms with Crippen LogP contribution in [0.5, 0.6) is 0 Å². The fourth-order valence-corrected chi connectivity index (χ4v) is 4.13. The zero-order valence-electron chi connectivity index (χ0n) is 18.3. The van der Waals surface area contributed by atoms with E-state index in [-0.39, 0.29) is 11.5 Å². The topological polar surface area (TPSA) is 61.4 Å². The monoisotopic (exact) mass is 497 g/mol. The van der Waals surface area contributed by atoms with Gasteiger partial charge in [0.2, 0.25) is 0 Å². The Labute approximate surface area is 204 Å². The van der Waals surface area contributed by atoms with Crippen molar-refractivity contribution < 1.29 is 18.0 Å². The van der Waals surface area contributed by atoms with Gasteiger partial charge in [0.15, 0.2) is 5.82 Å². The third-order valence-electron chi connectivity index (χ3n) is 5.78. The van der Waals surface area contributed by atoms with Crippen molar-refractivity contribution in [2.24, 2.45) is 0 Å². The molecule has 0 spiro atoms. The van der Waals surface area contributed by atoms with Crippen LogP contribution < -0.4 is 10.2 Å². The second-order valence-corrected chi connectivity index (χ2v) is 8.50. The first-order chi connectivity index (χ1) is 16.9. The highest BCUT2D eigenvalue weighted by molar-refractivity contribution is 6.31. The normalized spacial score (nSPS) is 13.8. The Balaban J connectivity index is 1.38. The second kappa shape index (κ2) is 9.42. The van der Waals surface area contributed by atoms with Crippen molar-refractivity contribution in [2.45, 2.75) is 0 Å². The number of rotatable bonds is 3. The number of halogens is 4. The molecular formula is C25H19ClF3N5O. The number of nitrogens with one attached hydrogen (secondary N) is 1. The largest absolute Gasteiger partial charge is 0.352 e. The van der Waals surface area contributed by atoms with Crippen LogP contribution in [-0.4, -0.2) is 47.1 Å². The Hall–Kier alpha value is -3.85. The maximum absolute atomic E-state index is 13.9. The van der Waals surface area contributed by atoms with E-state index in [4.69, 9.17) is 16.6 Å². The molecular weight excluding hydrogens is 479 g/mol. The smallest absolute Gasteiger partial charge is 0.322 e. The van der Waals surface area contributed by atoms with Gasteiger partial charge in [-0.2, -0.15) is 0 Å². The van der Waals surface area contributed by atoms with Crippen LogP contribution in [0.3, 0.4) is 0 Å². The van der Waals surface area contributed by atoms with Crippen molar-refractivity contribution in [1.29, 1.82) is 0 Å². The fraction of sp³-hybridized carbons (Fsp3) is 0.160. The number of amides is 2. The van der Waals surface area contributed by atoms with Crippen LogP contribution in [0, 0.1) is 17.5 Å². The van der Waals surface area contributed by atoms with Crippen LogP contribution in [0.25, 0.3) is 22.3 Å². The molecule has 0 atom stereocenters. The average Bonchev–Trinajstić information content (AvgIpc) is 2.85. The summed E-state index contributed by atoms with van der Waals surface area (Å²) >= 11 is 6.19. The number of hydrogen-bond acceptors (Lipinski definition) is 4. The van der Waals surface area contributed by atoms with Crippen molar-refractivity contribution >= 4 is 40.0 Å². The molecule has 0 radical (unpaired) electrons. The molecule has 4 aromatic rings. The molecule has 1 fully saturated rings. The van der Waals surface area contributed by atoms with Gasteiger partial charge in [0, 0.05) is 48.2 Å². The summed E-state index contributed by atoms with van der Waals surface area (Å²) in [5.41, 5.74) is 1.23. The van der Waals surface area contributed by atoms with Crippen molar-refractivity contribution in [2.75, 3.05) is 36.4 Å². The number of aromatic nitrogens is 2. The van der Waals surface area contributed by atoms with Gasteiger partial charge in [-0.15, -0.1) is 0 Å². The van der Waals surface area contributed by atoms with Gasteiger partial charge in [-0.05, 0) is 54.6 Å². The maximum Gasteiger partial charge on any atom is 0.322 e. The summed E-state index contributed by atoms with van der Waals surface area (Å²) in [5.74, 6) is -0.797. The molecule has 5 rings (SSSR count). The lowest BCUT2D eigenvalue weighted by Gasteiger charge is -2.36. The van der Waals surface area contributed by atoms with E-state index < -0.39 is 17.7 Å². The highest BCUT2D eigenvalue weighted by Gasteiger charge is 2.25.